The van der Waals surface area contributed by atoms with E-state index in [1.165, 1.54) is 44.1 Å². The molecule has 0 N–H and O–H groups in total. The molecule has 4 saturated carbocycles. The molecule has 4 bridgehead atoms. The van der Waals surface area contributed by atoms with Crippen molar-refractivity contribution in [2.75, 3.05) is 7.05 Å². The predicted molar refractivity (Wildman–Crippen MR) is 116 cm³/mol. The highest BCUT2D eigenvalue weighted by Gasteiger charge is 2.54. The van der Waals surface area contributed by atoms with Gasteiger partial charge in [-0.3, -0.25) is 4.79 Å². The Balaban J connectivity index is 1.37. The largest absolute Gasteiger partial charge is 0.336 e. The molecule has 0 saturated heterocycles. The van der Waals surface area contributed by atoms with E-state index in [9.17, 15) is 4.79 Å². The van der Waals surface area contributed by atoms with Crippen LogP contribution in [0.15, 0.2) is 42.7 Å². The van der Waals surface area contributed by atoms with Gasteiger partial charge >= 0.3 is 0 Å². The Morgan fingerprint density at radius 1 is 1.03 bits per heavy atom. The summed E-state index contributed by atoms with van der Waals surface area (Å²) >= 11 is 0. The molecule has 0 aliphatic heterocycles. The summed E-state index contributed by atoms with van der Waals surface area (Å²) < 4.78 is 1.81. The van der Waals surface area contributed by atoms with Gasteiger partial charge in [0.1, 0.15) is 5.56 Å². The first kappa shape index (κ1) is 18.1. The van der Waals surface area contributed by atoms with Crippen LogP contribution < -0.4 is 0 Å². The molecular weight excluding hydrogens is 372 g/mol. The molecule has 1 aromatic carbocycles. The van der Waals surface area contributed by atoms with Gasteiger partial charge in [0, 0.05) is 24.3 Å². The Morgan fingerprint density at radius 3 is 2.30 bits per heavy atom. The van der Waals surface area contributed by atoms with Gasteiger partial charge in [0.2, 0.25) is 0 Å². The molecule has 30 heavy (non-hydrogen) atoms. The van der Waals surface area contributed by atoms with Crippen molar-refractivity contribution in [1.29, 1.82) is 0 Å². The lowest BCUT2D eigenvalue weighted by Gasteiger charge is -2.59. The van der Waals surface area contributed by atoms with Crippen LogP contribution in [0.1, 0.15) is 54.4 Å². The first-order chi connectivity index (χ1) is 14.5. The van der Waals surface area contributed by atoms with Crippen molar-refractivity contribution in [1.82, 2.24) is 19.5 Å². The normalized spacial score (nSPS) is 29.5. The molecule has 154 valence electrons. The number of aryl methyl sites for hydroxylation is 1. The standard InChI is InChI=1S/C25H28N4O/c1-16-3-5-20(6-4-16)22-7-8-26-23-21(15-27-29(22)23)24(30)28(2)25-12-17-9-18(13-25)11-19(10-17)14-25/h3-8,15,17-19H,9-14H2,1-2H3. The van der Waals surface area contributed by atoms with Crippen LogP contribution in [0.3, 0.4) is 0 Å². The van der Waals surface area contributed by atoms with Crippen LogP contribution >= 0.6 is 0 Å². The van der Waals surface area contributed by atoms with Crippen molar-refractivity contribution < 1.29 is 4.79 Å². The van der Waals surface area contributed by atoms with Crippen LogP contribution in [-0.4, -0.2) is 38.0 Å². The summed E-state index contributed by atoms with van der Waals surface area (Å²) in [5.41, 5.74) is 4.55. The lowest BCUT2D eigenvalue weighted by Crippen LogP contribution is -2.60. The zero-order chi connectivity index (χ0) is 20.5. The fraction of sp³-hybridized carbons (Fsp3) is 0.480. The van der Waals surface area contributed by atoms with Crippen molar-refractivity contribution in [3.8, 4) is 11.3 Å². The zero-order valence-corrected chi connectivity index (χ0v) is 17.7. The van der Waals surface area contributed by atoms with E-state index in [2.05, 4.69) is 46.2 Å². The van der Waals surface area contributed by atoms with Crippen LogP contribution in [-0.2, 0) is 0 Å². The Kier molecular flexibility index (Phi) is 3.86. The summed E-state index contributed by atoms with van der Waals surface area (Å²) in [6.07, 6.45) is 11.1. The lowest BCUT2D eigenvalue weighted by atomic mass is 9.52. The third-order valence-electron chi connectivity index (χ3n) is 8.00. The minimum atomic E-state index is 0.0364. The summed E-state index contributed by atoms with van der Waals surface area (Å²) in [5.74, 6) is 2.49. The number of amides is 1. The van der Waals surface area contributed by atoms with Crippen LogP contribution in [0.4, 0.5) is 0 Å². The van der Waals surface area contributed by atoms with Crippen molar-refractivity contribution in [3.63, 3.8) is 0 Å². The molecule has 1 amide bonds. The summed E-state index contributed by atoms with van der Waals surface area (Å²) in [4.78, 5) is 20.3. The number of carbonyl (C=O) groups is 1. The van der Waals surface area contributed by atoms with Crippen molar-refractivity contribution in [3.05, 3.63) is 53.9 Å². The number of benzene rings is 1. The summed E-state index contributed by atoms with van der Waals surface area (Å²) in [6.45, 7) is 2.08. The van der Waals surface area contributed by atoms with Crippen LogP contribution in [0.25, 0.3) is 16.9 Å². The minimum Gasteiger partial charge on any atom is -0.336 e. The maximum atomic E-state index is 13.7. The van der Waals surface area contributed by atoms with E-state index in [4.69, 9.17) is 0 Å². The average Bonchev–Trinajstić information content (AvgIpc) is 3.16. The molecule has 0 radical (unpaired) electrons. The highest BCUT2D eigenvalue weighted by Crippen LogP contribution is 2.57. The van der Waals surface area contributed by atoms with Gasteiger partial charge in [0.25, 0.3) is 5.91 Å². The second-order valence-electron chi connectivity index (χ2n) is 10.00. The number of fused-ring (bicyclic) bond motifs is 1. The molecule has 7 rings (SSSR count). The van der Waals surface area contributed by atoms with Crippen LogP contribution in [0.5, 0.6) is 0 Å². The first-order valence-corrected chi connectivity index (χ1v) is 11.2. The third kappa shape index (κ3) is 2.64. The SMILES string of the molecule is Cc1ccc(-c2ccnc3c(C(=O)N(C)C45CC6CC(CC(C6)C4)C5)cnn23)cc1. The Bertz CT molecular complexity index is 1090. The van der Waals surface area contributed by atoms with Crippen LogP contribution in [0, 0.1) is 24.7 Å². The number of carbonyl (C=O) groups excluding carboxylic acids is 1. The molecular formula is C25H28N4O. The number of hydrogen-bond acceptors (Lipinski definition) is 3. The number of hydrogen-bond donors (Lipinski definition) is 0. The fourth-order valence-corrected chi connectivity index (χ4v) is 6.86. The predicted octanol–water partition coefficient (Wildman–Crippen LogP) is 4.75. The van der Waals surface area contributed by atoms with E-state index in [0.29, 0.717) is 11.2 Å². The fourth-order valence-electron chi connectivity index (χ4n) is 6.86. The molecule has 2 aromatic heterocycles. The molecule has 3 aromatic rings. The molecule has 5 heteroatoms. The number of rotatable bonds is 3. The maximum absolute atomic E-state index is 13.7. The molecule has 0 spiro atoms. The van der Waals surface area contributed by atoms with Gasteiger partial charge in [0.05, 0.1) is 11.9 Å². The third-order valence-corrected chi connectivity index (χ3v) is 8.00. The van der Waals surface area contributed by atoms with E-state index >= 15 is 0 Å². The smallest absolute Gasteiger partial charge is 0.259 e. The maximum Gasteiger partial charge on any atom is 0.259 e. The monoisotopic (exact) mass is 400 g/mol. The van der Waals surface area contributed by atoms with Gasteiger partial charge in [-0.25, -0.2) is 9.50 Å². The summed E-state index contributed by atoms with van der Waals surface area (Å²) in [6, 6.07) is 10.3. The van der Waals surface area contributed by atoms with Crippen molar-refractivity contribution in [2.45, 2.75) is 51.0 Å². The van der Waals surface area contributed by atoms with Gasteiger partial charge in [-0.05, 0) is 69.3 Å². The lowest BCUT2D eigenvalue weighted by molar-refractivity contribution is -0.0665. The van der Waals surface area contributed by atoms with Gasteiger partial charge in [-0.1, -0.05) is 29.8 Å². The van der Waals surface area contributed by atoms with E-state index in [0.717, 1.165) is 29.0 Å². The highest BCUT2D eigenvalue weighted by molar-refractivity contribution is 6.00. The quantitative estimate of drug-likeness (QED) is 0.638. The molecule has 5 nitrogen and oxygen atoms in total. The Morgan fingerprint density at radius 2 is 1.67 bits per heavy atom. The second-order valence-corrected chi connectivity index (χ2v) is 10.00. The van der Waals surface area contributed by atoms with E-state index in [1.807, 2.05) is 17.6 Å². The van der Waals surface area contributed by atoms with Crippen molar-refractivity contribution in [2.24, 2.45) is 17.8 Å². The molecule has 0 atom stereocenters. The van der Waals surface area contributed by atoms with E-state index < -0.39 is 0 Å². The molecule has 2 heterocycles. The summed E-state index contributed by atoms with van der Waals surface area (Å²) in [7, 11) is 2.02. The molecule has 4 fully saturated rings. The van der Waals surface area contributed by atoms with E-state index in [1.54, 1.807) is 12.4 Å². The van der Waals surface area contributed by atoms with Crippen LogP contribution in [0.2, 0.25) is 0 Å². The van der Waals surface area contributed by atoms with Gasteiger partial charge in [-0.15, -0.1) is 0 Å². The van der Waals surface area contributed by atoms with Gasteiger partial charge in [0.15, 0.2) is 5.65 Å². The molecule has 4 aliphatic carbocycles. The Hall–Kier alpha value is -2.69. The average molecular weight is 401 g/mol. The molecule has 4 aliphatic rings. The molecule has 0 unspecified atom stereocenters. The topological polar surface area (TPSA) is 50.5 Å². The number of nitrogens with zero attached hydrogens (tertiary/aromatic N) is 4. The van der Waals surface area contributed by atoms with Gasteiger partial charge in [-0.2, -0.15) is 5.10 Å². The summed E-state index contributed by atoms with van der Waals surface area (Å²) in [5, 5.41) is 4.57. The Labute approximate surface area is 177 Å². The van der Waals surface area contributed by atoms with E-state index in [-0.39, 0.29) is 11.4 Å². The van der Waals surface area contributed by atoms with Gasteiger partial charge < -0.3 is 4.90 Å². The second kappa shape index (κ2) is 6.40. The number of aromatic nitrogens is 3. The minimum absolute atomic E-state index is 0.0364. The highest BCUT2D eigenvalue weighted by atomic mass is 16.2. The zero-order valence-electron chi connectivity index (χ0n) is 17.7. The van der Waals surface area contributed by atoms with Crippen molar-refractivity contribution >= 4 is 11.6 Å². The first-order valence-electron chi connectivity index (χ1n) is 11.2.